The van der Waals surface area contributed by atoms with Gasteiger partial charge in [-0.2, -0.15) is 0 Å². The van der Waals surface area contributed by atoms with Gasteiger partial charge in [0.25, 0.3) is 0 Å². The lowest BCUT2D eigenvalue weighted by atomic mass is 9.96. The molecule has 0 saturated heterocycles. The molecular formula is C30H38ClN2O3+. The first-order valence-electron chi connectivity index (χ1n) is 12.5. The van der Waals surface area contributed by atoms with E-state index in [-0.39, 0.29) is 23.8 Å². The van der Waals surface area contributed by atoms with Gasteiger partial charge in [-0.3, -0.25) is 4.79 Å². The van der Waals surface area contributed by atoms with Gasteiger partial charge in [0.2, 0.25) is 5.78 Å². The van der Waals surface area contributed by atoms with Gasteiger partial charge in [0.1, 0.15) is 13.1 Å². The summed E-state index contributed by atoms with van der Waals surface area (Å²) in [6.07, 6.45) is 2.99. The summed E-state index contributed by atoms with van der Waals surface area (Å²) in [5.41, 5.74) is 2.40. The van der Waals surface area contributed by atoms with Crippen LogP contribution < -0.4 is 10.6 Å². The lowest BCUT2D eigenvalue weighted by molar-refractivity contribution is -0.650. The zero-order chi connectivity index (χ0) is 26.2. The van der Waals surface area contributed by atoms with Crippen LogP contribution in [0.15, 0.2) is 91.0 Å². The van der Waals surface area contributed by atoms with E-state index >= 15 is 0 Å². The van der Waals surface area contributed by atoms with Gasteiger partial charge in [-0.15, -0.1) is 11.6 Å². The summed E-state index contributed by atoms with van der Waals surface area (Å²) in [7, 11) is 0. The molecule has 3 rings (SSSR count). The molecule has 0 saturated carbocycles. The van der Waals surface area contributed by atoms with Crippen LogP contribution in [-0.4, -0.2) is 37.3 Å². The number of ketones is 1. The topological polar surface area (TPSA) is 72.0 Å². The van der Waals surface area contributed by atoms with Gasteiger partial charge in [0, 0.05) is 23.6 Å². The molecule has 192 valence electrons. The summed E-state index contributed by atoms with van der Waals surface area (Å²) in [6, 6.07) is 28.0. The Labute approximate surface area is 220 Å². The van der Waals surface area contributed by atoms with Crippen LogP contribution in [0.3, 0.4) is 0 Å². The Balaban J connectivity index is 0.00000222. The first-order chi connectivity index (χ1) is 17.6. The van der Waals surface area contributed by atoms with Crippen molar-refractivity contribution in [3.05, 3.63) is 102 Å². The van der Waals surface area contributed by atoms with Gasteiger partial charge in [-0.25, -0.2) is 4.79 Å². The molecule has 0 heterocycles. The van der Waals surface area contributed by atoms with E-state index in [1.165, 1.54) is 6.38 Å². The molecule has 2 atom stereocenters. The number of nitrogens with one attached hydrogen (secondary N) is 1. The average molecular weight is 510 g/mol. The maximum atomic E-state index is 13.4. The largest absolute Gasteiger partial charge is 0.454 e. The third kappa shape index (κ3) is 9.14. The molecule has 0 aliphatic rings. The second-order valence-electron chi connectivity index (χ2n) is 8.42. The van der Waals surface area contributed by atoms with Crippen molar-refractivity contribution in [3.63, 3.8) is 0 Å². The van der Waals surface area contributed by atoms with Gasteiger partial charge in [-0.05, 0) is 30.5 Å². The number of alkyl halides is 1. The van der Waals surface area contributed by atoms with Crippen molar-refractivity contribution in [2.75, 3.05) is 24.8 Å². The van der Waals surface area contributed by atoms with E-state index in [1.54, 1.807) is 0 Å². The zero-order valence-corrected chi connectivity index (χ0v) is 22.2. The quantitative estimate of drug-likeness (QED) is 0.181. The van der Waals surface area contributed by atoms with Crippen molar-refractivity contribution < 1.29 is 19.6 Å². The molecule has 3 N–H and O–H groups in total. The molecule has 0 spiro atoms. The van der Waals surface area contributed by atoms with E-state index in [0.29, 0.717) is 18.7 Å². The minimum Gasteiger partial charge on any atom is -0.454 e. The van der Waals surface area contributed by atoms with Gasteiger partial charge in [0.15, 0.2) is 12.1 Å². The fraction of sp³-hybridized carbons (Fsp3) is 0.333. The highest BCUT2D eigenvalue weighted by molar-refractivity contribution is 6.15. The molecule has 0 aliphatic heterocycles. The van der Waals surface area contributed by atoms with Crippen LogP contribution in [0.2, 0.25) is 0 Å². The Morgan fingerprint density at radius 2 is 1.36 bits per heavy atom. The molecular weight excluding hydrogens is 472 g/mol. The Morgan fingerprint density at radius 3 is 1.92 bits per heavy atom. The predicted molar refractivity (Wildman–Crippen MR) is 147 cm³/mol. The Morgan fingerprint density at radius 1 is 0.833 bits per heavy atom. The predicted octanol–water partition coefficient (Wildman–Crippen LogP) is 5.49. The molecule has 3 aromatic rings. The summed E-state index contributed by atoms with van der Waals surface area (Å²) >= 11 is 4.64. The second-order valence-corrected chi connectivity index (χ2v) is 8.42. The zero-order valence-electron chi connectivity index (χ0n) is 21.4. The van der Waals surface area contributed by atoms with E-state index in [1.807, 2.05) is 96.3 Å². The fourth-order valence-electron chi connectivity index (χ4n) is 4.11. The third-order valence-electron chi connectivity index (χ3n) is 6.12. The summed E-state index contributed by atoms with van der Waals surface area (Å²) in [5.74, 6) is -0.0157. The van der Waals surface area contributed by atoms with Crippen molar-refractivity contribution in [1.29, 1.82) is 0 Å². The van der Waals surface area contributed by atoms with Crippen LogP contribution in [0, 0.1) is 5.92 Å². The Bertz CT molecular complexity index is 1010. The molecule has 0 aliphatic carbocycles. The van der Waals surface area contributed by atoms with E-state index in [2.05, 4.69) is 30.8 Å². The standard InChI is InChI=1S/C29H34N2O3.CH3Cl/c1-3-22(4-2)27(21-30-20-26(32)23-14-8-5-9-15-23)34-29(33)28(24-16-10-6-11-17-24)31-25-18-12-7-13-19-25;1-2/h5-19,22,27-28,30-31H,3-4,20-21H2,1-2H3;1H3/p+1/t27-,28?;/m0./s1. The van der Waals surface area contributed by atoms with Crippen LogP contribution in [0.25, 0.3) is 0 Å². The van der Waals surface area contributed by atoms with E-state index in [4.69, 9.17) is 4.74 Å². The van der Waals surface area contributed by atoms with Crippen LogP contribution >= 0.6 is 11.6 Å². The van der Waals surface area contributed by atoms with E-state index in [0.717, 1.165) is 24.1 Å². The number of ether oxygens (including phenoxy) is 1. The number of hydrogen-bond acceptors (Lipinski definition) is 4. The van der Waals surface area contributed by atoms with Crippen molar-refractivity contribution in [3.8, 4) is 0 Å². The summed E-state index contributed by atoms with van der Waals surface area (Å²) < 4.78 is 6.13. The Hall–Kier alpha value is -3.15. The minimum absolute atomic E-state index is 0.0723. The lowest BCUT2D eigenvalue weighted by Gasteiger charge is -2.27. The molecule has 0 aromatic heterocycles. The molecule has 0 fully saturated rings. The third-order valence-corrected chi connectivity index (χ3v) is 6.12. The average Bonchev–Trinajstić information content (AvgIpc) is 2.94. The smallest absolute Gasteiger partial charge is 0.333 e. The van der Waals surface area contributed by atoms with Crippen LogP contribution in [0.1, 0.15) is 48.7 Å². The number of rotatable bonds is 13. The van der Waals surface area contributed by atoms with Crippen molar-refractivity contribution >= 4 is 29.0 Å². The number of anilines is 1. The van der Waals surface area contributed by atoms with Crippen molar-refractivity contribution in [2.45, 2.75) is 38.8 Å². The van der Waals surface area contributed by atoms with E-state index < -0.39 is 6.04 Å². The first-order valence-corrected chi connectivity index (χ1v) is 13.2. The molecule has 3 aromatic carbocycles. The monoisotopic (exact) mass is 509 g/mol. The van der Waals surface area contributed by atoms with E-state index in [9.17, 15) is 9.59 Å². The molecule has 0 amide bonds. The number of carbonyl (C=O) groups excluding carboxylic acids is 2. The molecule has 6 heteroatoms. The fourth-order valence-corrected chi connectivity index (χ4v) is 4.11. The molecule has 36 heavy (non-hydrogen) atoms. The maximum absolute atomic E-state index is 13.4. The number of quaternary nitrogens is 1. The lowest BCUT2D eigenvalue weighted by Crippen LogP contribution is -2.88. The molecule has 1 unspecified atom stereocenters. The number of benzene rings is 3. The molecule has 0 bridgehead atoms. The first kappa shape index (κ1) is 29.1. The highest BCUT2D eigenvalue weighted by Gasteiger charge is 2.30. The minimum atomic E-state index is -0.619. The summed E-state index contributed by atoms with van der Waals surface area (Å²) in [5, 5.41) is 5.28. The number of para-hydroxylation sites is 1. The van der Waals surface area contributed by atoms with Crippen LogP contribution in [0.4, 0.5) is 5.69 Å². The highest BCUT2D eigenvalue weighted by atomic mass is 35.5. The van der Waals surface area contributed by atoms with Gasteiger partial charge in [0.05, 0.1) is 0 Å². The number of carbonyl (C=O) groups is 2. The van der Waals surface area contributed by atoms with Crippen LogP contribution in [-0.2, 0) is 9.53 Å². The molecule has 0 radical (unpaired) electrons. The SMILES string of the molecule is CCC(CC)[C@H](C[NH2+]CC(=O)c1ccccc1)OC(=O)C(Nc1ccccc1)c1ccccc1.CCl. The van der Waals surface area contributed by atoms with Crippen molar-refractivity contribution in [1.82, 2.24) is 0 Å². The number of Topliss-reactive ketones (excluding diaryl/α,β-unsaturated/α-hetero) is 1. The van der Waals surface area contributed by atoms with Crippen molar-refractivity contribution in [2.24, 2.45) is 5.92 Å². The normalized spacial score (nSPS) is 12.1. The highest BCUT2D eigenvalue weighted by Crippen LogP contribution is 2.24. The summed E-state index contributed by atoms with van der Waals surface area (Å²) in [4.78, 5) is 26.0. The second kappa shape index (κ2) is 16.5. The van der Waals surface area contributed by atoms with Crippen LogP contribution in [0.5, 0.6) is 0 Å². The van der Waals surface area contributed by atoms with Gasteiger partial charge < -0.3 is 15.4 Å². The Kier molecular flexibility index (Phi) is 13.3. The number of esters is 1. The van der Waals surface area contributed by atoms with Gasteiger partial charge >= 0.3 is 5.97 Å². The maximum Gasteiger partial charge on any atom is 0.333 e. The number of halogens is 1. The summed E-state index contributed by atoms with van der Waals surface area (Å²) in [6.45, 7) is 5.09. The number of nitrogens with two attached hydrogens (primary N) is 1. The molecule has 5 nitrogen and oxygen atoms in total. The van der Waals surface area contributed by atoms with Gasteiger partial charge in [-0.1, -0.05) is 92.7 Å². The number of hydrogen-bond donors (Lipinski definition) is 2.